The van der Waals surface area contributed by atoms with Crippen LogP contribution in [0.3, 0.4) is 0 Å². The van der Waals surface area contributed by atoms with Gasteiger partial charge in [-0.05, 0) is 31.0 Å². The van der Waals surface area contributed by atoms with Crippen LogP contribution in [0, 0.1) is 19.3 Å². The van der Waals surface area contributed by atoms with Crippen molar-refractivity contribution in [2.45, 2.75) is 13.8 Å². The number of anilines is 1. The predicted octanol–water partition coefficient (Wildman–Crippen LogP) is 2.34. The summed E-state index contributed by atoms with van der Waals surface area (Å²) in [4.78, 5) is 0. The molecule has 0 saturated carbocycles. The van der Waals surface area contributed by atoms with Crippen molar-refractivity contribution >= 4 is 11.9 Å². The van der Waals surface area contributed by atoms with Gasteiger partial charge in [0.1, 0.15) is 0 Å². The molecular formula is C10H14N2. The molecule has 12 heavy (non-hydrogen) atoms. The van der Waals surface area contributed by atoms with Gasteiger partial charge in [-0.2, -0.15) is 0 Å². The first kappa shape index (κ1) is 8.78. The Kier molecular flexibility index (Phi) is 2.48. The topological polar surface area (TPSA) is 35.9 Å². The smallest absolute Gasteiger partial charge is 0.0429 e. The Morgan fingerprint density at radius 1 is 1.33 bits per heavy atom. The van der Waals surface area contributed by atoms with Crippen LogP contribution in [0.15, 0.2) is 12.1 Å². The number of nitrogens with one attached hydrogen (secondary N) is 2. The molecule has 0 fully saturated rings. The van der Waals surface area contributed by atoms with Gasteiger partial charge in [0, 0.05) is 24.5 Å². The van der Waals surface area contributed by atoms with E-state index in [9.17, 15) is 0 Å². The molecular weight excluding hydrogens is 148 g/mol. The van der Waals surface area contributed by atoms with Crippen LogP contribution in [0.4, 0.5) is 5.69 Å². The van der Waals surface area contributed by atoms with E-state index in [1.54, 1.807) is 0 Å². The van der Waals surface area contributed by atoms with Crippen LogP contribution in [-0.4, -0.2) is 13.3 Å². The first-order chi connectivity index (χ1) is 5.70. The van der Waals surface area contributed by atoms with Crippen LogP contribution in [-0.2, 0) is 0 Å². The van der Waals surface area contributed by atoms with Crippen molar-refractivity contribution in [1.29, 1.82) is 5.41 Å². The lowest BCUT2D eigenvalue weighted by Gasteiger charge is -2.09. The first-order valence-electron chi connectivity index (χ1n) is 3.99. The maximum Gasteiger partial charge on any atom is 0.0429 e. The molecule has 2 heteroatoms. The van der Waals surface area contributed by atoms with Crippen molar-refractivity contribution in [3.63, 3.8) is 0 Å². The van der Waals surface area contributed by atoms with Gasteiger partial charge in [0.25, 0.3) is 0 Å². The van der Waals surface area contributed by atoms with Crippen molar-refractivity contribution in [2.75, 3.05) is 12.4 Å². The van der Waals surface area contributed by atoms with Crippen molar-refractivity contribution in [2.24, 2.45) is 0 Å². The lowest BCUT2D eigenvalue weighted by atomic mass is 10.0. The van der Waals surface area contributed by atoms with Crippen LogP contribution >= 0.6 is 0 Å². The largest absolute Gasteiger partial charge is 0.388 e. The zero-order valence-electron chi connectivity index (χ0n) is 7.73. The van der Waals surface area contributed by atoms with Crippen LogP contribution in [0.1, 0.15) is 16.7 Å². The molecule has 0 bridgehead atoms. The van der Waals surface area contributed by atoms with Gasteiger partial charge in [0.15, 0.2) is 0 Å². The van der Waals surface area contributed by atoms with Gasteiger partial charge in [0.05, 0.1) is 0 Å². The highest BCUT2D eigenvalue weighted by atomic mass is 14.8. The molecule has 0 atom stereocenters. The predicted molar refractivity (Wildman–Crippen MR) is 53.3 cm³/mol. The third-order valence-electron chi connectivity index (χ3n) is 2.20. The van der Waals surface area contributed by atoms with Crippen LogP contribution in [0.25, 0.3) is 0 Å². The van der Waals surface area contributed by atoms with Gasteiger partial charge in [-0.25, -0.2) is 0 Å². The third-order valence-corrected chi connectivity index (χ3v) is 2.20. The summed E-state index contributed by atoms with van der Waals surface area (Å²) in [5.74, 6) is 0. The minimum atomic E-state index is 0.984. The molecule has 0 amide bonds. The molecule has 2 nitrogen and oxygen atoms in total. The highest BCUT2D eigenvalue weighted by molar-refractivity contribution is 5.88. The fraction of sp³-hybridized carbons (Fsp3) is 0.300. The Hall–Kier alpha value is -1.31. The molecule has 0 radical (unpaired) electrons. The number of rotatable bonds is 2. The van der Waals surface area contributed by atoms with E-state index in [1.807, 2.05) is 20.0 Å². The highest BCUT2D eigenvalue weighted by Crippen LogP contribution is 2.19. The zero-order chi connectivity index (χ0) is 9.14. The molecule has 0 heterocycles. The Balaban J connectivity index is 3.35. The summed E-state index contributed by atoms with van der Waals surface area (Å²) in [6.45, 7) is 4.10. The molecule has 0 spiro atoms. The Morgan fingerprint density at radius 2 is 2.00 bits per heavy atom. The molecule has 1 aromatic carbocycles. The number of hydrogen-bond donors (Lipinski definition) is 2. The van der Waals surface area contributed by atoms with Gasteiger partial charge in [-0.15, -0.1) is 0 Å². The second kappa shape index (κ2) is 3.39. The molecule has 0 aliphatic carbocycles. The third kappa shape index (κ3) is 1.33. The van der Waals surface area contributed by atoms with E-state index in [2.05, 4.69) is 18.3 Å². The molecule has 0 unspecified atom stereocenters. The average molecular weight is 162 g/mol. The summed E-state index contributed by atoms with van der Waals surface area (Å²) in [7, 11) is 1.87. The number of aryl methyl sites for hydroxylation is 1. The van der Waals surface area contributed by atoms with E-state index in [4.69, 9.17) is 5.41 Å². The molecule has 64 valence electrons. The van der Waals surface area contributed by atoms with Gasteiger partial charge < -0.3 is 10.7 Å². The average Bonchev–Trinajstić information content (AvgIpc) is 2.09. The van der Waals surface area contributed by atoms with Crippen LogP contribution < -0.4 is 5.32 Å². The maximum absolute atomic E-state index is 7.26. The zero-order valence-corrected chi connectivity index (χ0v) is 7.73. The Labute approximate surface area is 73.1 Å². The van der Waals surface area contributed by atoms with Crippen molar-refractivity contribution in [3.8, 4) is 0 Å². The summed E-state index contributed by atoms with van der Waals surface area (Å²) in [6, 6.07) is 4.07. The van der Waals surface area contributed by atoms with E-state index in [0.717, 1.165) is 11.3 Å². The van der Waals surface area contributed by atoms with Crippen molar-refractivity contribution in [3.05, 3.63) is 28.8 Å². The summed E-state index contributed by atoms with van der Waals surface area (Å²) in [5.41, 5.74) is 4.41. The summed E-state index contributed by atoms with van der Waals surface area (Å²) in [5, 5.41) is 10.3. The van der Waals surface area contributed by atoms with Crippen LogP contribution in [0.2, 0.25) is 0 Å². The van der Waals surface area contributed by atoms with E-state index in [0.29, 0.717) is 0 Å². The lowest BCUT2D eigenvalue weighted by Crippen LogP contribution is -1.98. The van der Waals surface area contributed by atoms with Gasteiger partial charge in [-0.3, -0.25) is 0 Å². The lowest BCUT2D eigenvalue weighted by molar-refractivity contribution is 1.31. The van der Waals surface area contributed by atoms with E-state index >= 15 is 0 Å². The summed E-state index contributed by atoms with van der Waals surface area (Å²) in [6.07, 6.45) is 1.40. The SMILES string of the molecule is CNc1ccc(C)c(C)c1C=N. The van der Waals surface area contributed by atoms with Gasteiger partial charge >= 0.3 is 0 Å². The maximum atomic E-state index is 7.26. The second-order valence-electron chi connectivity index (χ2n) is 2.86. The fourth-order valence-electron chi connectivity index (χ4n) is 1.24. The van der Waals surface area contributed by atoms with Crippen molar-refractivity contribution in [1.82, 2.24) is 0 Å². The fourth-order valence-corrected chi connectivity index (χ4v) is 1.24. The molecule has 0 saturated heterocycles. The van der Waals surface area contributed by atoms with Gasteiger partial charge in [-0.1, -0.05) is 6.07 Å². The molecule has 0 aliphatic heterocycles. The standard InChI is InChI=1S/C10H14N2/c1-7-4-5-10(12-3)9(6-11)8(7)2/h4-6,11-12H,1-3H3. The van der Waals surface area contributed by atoms with Gasteiger partial charge in [0.2, 0.25) is 0 Å². The van der Waals surface area contributed by atoms with Crippen molar-refractivity contribution < 1.29 is 0 Å². The van der Waals surface area contributed by atoms with E-state index in [-0.39, 0.29) is 0 Å². The minimum Gasteiger partial charge on any atom is -0.388 e. The Bertz CT molecular complexity index is 303. The Morgan fingerprint density at radius 3 is 2.50 bits per heavy atom. The number of hydrogen-bond acceptors (Lipinski definition) is 2. The summed E-state index contributed by atoms with van der Waals surface area (Å²) < 4.78 is 0. The quantitative estimate of drug-likeness (QED) is 0.643. The van der Waals surface area contributed by atoms with Crippen LogP contribution in [0.5, 0.6) is 0 Å². The molecule has 2 N–H and O–H groups in total. The monoisotopic (exact) mass is 162 g/mol. The molecule has 1 rings (SSSR count). The summed E-state index contributed by atoms with van der Waals surface area (Å²) >= 11 is 0. The molecule has 0 aromatic heterocycles. The first-order valence-corrected chi connectivity index (χ1v) is 3.99. The molecule has 1 aromatic rings. The minimum absolute atomic E-state index is 0.984. The molecule has 0 aliphatic rings. The highest BCUT2D eigenvalue weighted by Gasteiger charge is 2.02. The second-order valence-corrected chi connectivity index (χ2v) is 2.86. The number of benzene rings is 1. The normalized spacial score (nSPS) is 9.58. The van der Waals surface area contributed by atoms with E-state index in [1.165, 1.54) is 17.3 Å². The van der Waals surface area contributed by atoms with E-state index < -0.39 is 0 Å².